The van der Waals surface area contributed by atoms with Crippen LogP contribution < -0.4 is 0 Å². The number of nitriles is 1. The Hall–Kier alpha value is -1.29. The lowest BCUT2D eigenvalue weighted by molar-refractivity contribution is -0.156. The molecule has 4 nitrogen and oxygen atoms in total. The summed E-state index contributed by atoms with van der Waals surface area (Å²) in [6.07, 6.45) is -4.35. The zero-order valence-electron chi connectivity index (χ0n) is 8.08. The molecular formula is C8H11F3N2O2. The SMILES string of the molecule is CCC(C#N)N(CC(=O)O)CC(F)(F)F. The van der Waals surface area contributed by atoms with Gasteiger partial charge in [-0.1, -0.05) is 6.92 Å². The second kappa shape index (κ2) is 5.56. The topological polar surface area (TPSA) is 64.3 Å². The summed E-state index contributed by atoms with van der Waals surface area (Å²) in [4.78, 5) is 10.9. The molecule has 1 unspecified atom stereocenters. The van der Waals surface area contributed by atoms with Crippen molar-refractivity contribution in [3.05, 3.63) is 0 Å². The predicted molar refractivity (Wildman–Crippen MR) is 45.0 cm³/mol. The number of halogens is 3. The van der Waals surface area contributed by atoms with Crippen LogP contribution in [-0.2, 0) is 4.79 Å². The van der Waals surface area contributed by atoms with E-state index in [0.717, 1.165) is 0 Å². The Morgan fingerprint density at radius 3 is 2.40 bits per heavy atom. The number of alkyl halides is 3. The fraction of sp³-hybridized carbons (Fsp3) is 0.750. The molecule has 1 atom stereocenters. The lowest BCUT2D eigenvalue weighted by Crippen LogP contribution is -2.43. The quantitative estimate of drug-likeness (QED) is 0.763. The van der Waals surface area contributed by atoms with Crippen LogP contribution in [-0.4, -0.2) is 41.3 Å². The summed E-state index contributed by atoms with van der Waals surface area (Å²) in [6, 6.07) is 0.617. The first-order chi connectivity index (χ1) is 6.80. The molecule has 86 valence electrons. The van der Waals surface area contributed by atoms with Crippen molar-refractivity contribution in [2.75, 3.05) is 13.1 Å². The second-order valence-electron chi connectivity index (χ2n) is 2.97. The molecule has 0 aliphatic carbocycles. The van der Waals surface area contributed by atoms with Crippen molar-refractivity contribution >= 4 is 5.97 Å². The highest BCUT2D eigenvalue weighted by Crippen LogP contribution is 2.18. The molecule has 0 aliphatic rings. The second-order valence-corrected chi connectivity index (χ2v) is 2.97. The average Bonchev–Trinajstić information content (AvgIpc) is 2.01. The summed E-state index contributed by atoms with van der Waals surface area (Å²) >= 11 is 0. The third-order valence-corrected chi connectivity index (χ3v) is 1.70. The van der Waals surface area contributed by atoms with Gasteiger partial charge in [0.1, 0.15) is 0 Å². The van der Waals surface area contributed by atoms with Crippen LogP contribution in [0.2, 0.25) is 0 Å². The predicted octanol–water partition coefficient (Wildman–Crippen LogP) is 1.24. The molecule has 0 aromatic heterocycles. The van der Waals surface area contributed by atoms with E-state index in [4.69, 9.17) is 10.4 Å². The third-order valence-electron chi connectivity index (χ3n) is 1.70. The first-order valence-corrected chi connectivity index (χ1v) is 4.22. The Morgan fingerprint density at radius 2 is 2.13 bits per heavy atom. The monoisotopic (exact) mass is 224 g/mol. The lowest BCUT2D eigenvalue weighted by Gasteiger charge is -2.25. The summed E-state index contributed by atoms with van der Waals surface area (Å²) < 4.78 is 36.1. The zero-order valence-corrected chi connectivity index (χ0v) is 8.08. The number of hydrogen-bond donors (Lipinski definition) is 1. The van der Waals surface area contributed by atoms with Gasteiger partial charge in [-0.15, -0.1) is 0 Å². The highest BCUT2D eigenvalue weighted by Gasteiger charge is 2.34. The summed E-state index contributed by atoms with van der Waals surface area (Å²) in [5.74, 6) is -1.38. The molecule has 0 spiro atoms. The Balaban J connectivity index is 4.58. The van der Waals surface area contributed by atoms with Gasteiger partial charge < -0.3 is 5.11 Å². The standard InChI is InChI=1S/C8H11F3N2O2/c1-2-6(3-12)13(4-7(14)15)5-8(9,10)11/h6H,2,4-5H2,1H3,(H,14,15). The number of aliphatic carboxylic acids is 1. The molecule has 15 heavy (non-hydrogen) atoms. The van der Waals surface area contributed by atoms with Crippen LogP contribution >= 0.6 is 0 Å². The van der Waals surface area contributed by atoms with E-state index in [1.165, 1.54) is 6.92 Å². The van der Waals surface area contributed by atoms with E-state index in [-0.39, 0.29) is 6.42 Å². The highest BCUT2D eigenvalue weighted by molar-refractivity contribution is 5.69. The first-order valence-electron chi connectivity index (χ1n) is 4.22. The molecule has 0 radical (unpaired) electrons. The lowest BCUT2D eigenvalue weighted by atomic mass is 10.2. The van der Waals surface area contributed by atoms with Gasteiger partial charge in [0.2, 0.25) is 0 Å². The third kappa shape index (κ3) is 5.91. The summed E-state index contributed by atoms with van der Waals surface area (Å²) in [5, 5.41) is 17.0. The van der Waals surface area contributed by atoms with Crippen LogP contribution in [0, 0.1) is 11.3 Å². The van der Waals surface area contributed by atoms with Crippen LogP contribution in [0.3, 0.4) is 0 Å². The Bertz CT molecular complexity index is 260. The van der Waals surface area contributed by atoms with Crippen LogP contribution in [0.25, 0.3) is 0 Å². The number of nitrogens with zero attached hydrogens (tertiary/aromatic N) is 2. The molecule has 0 bridgehead atoms. The van der Waals surface area contributed by atoms with E-state index in [0.29, 0.717) is 4.90 Å². The van der Waals surface area contributed by atoms with E-state index in [2.05, 4.69) is 0 Å². The van der Waals surface area contributed by atoms with Crippen LogP contribution in [0.5, 0.6) is 0 Å². The van der Waals surface area contributed by atoms with E-state index < -0.39 is 31.3 Å². The molecule has 0 saturated heterocycles. The number of carbonyl (C=O) groups is 1. The van der Waals surface area contributed by atoms with Crippen molar-refractivity contribution in [3.63, 3.8) is 0 Å². The van der Waals surface area contributed by atoms with E-state index in [1.807, 2.05) is 0 Å². The molecule has 0 aliphatic heterocycles. The van der Waals surface area contributed by atoms with Gasteiger partial charge in [-0.25, -0.2) is 0 Å². The van der Waals surface area contributed by atoms with Gasteiger partial charge in [-0.2, -0.15) is 18.4 Å². The molecule has 0 amide bonds. The van der Waals surface area contributed by atoms with Gasteiger partial charge in [-0.05, 0) is 6.42 Å². The van der Waals surface area contributed by atoms with Crippen molar-refractivity contribution in [2.24, 2.45) is 0 Å². The zero-order chi connectivity index (χ0) is 12.1. The number of rotatable bonds is 5. The minimum atomic E-state index is -4.50. The number of hydrogen-bond acceptors (Lipinski definition) is 3. The molecule has 0 fully saturated rings. The number of carboxylic acid groups (broad SMARTS) is 1. The van der Waals surface area contributed by atoms with Crippen molar-refractivity contribution in [2.45, 2.75) is 25.6 Å². The van der Waals surface area contributed by atoms with Crippen molar-refractivity contribution < 1.29 is 23.1 Å². The van der Waals surface area contributed by atoms with E-state index in [9.17, 15) is 18.0 Å². The molecule has 0 saturated carbocycles. The van der Waals surface area contributed by atoms with Gasteiger partial charge in [0.25, 0.3) is 0 Å². The fourth-order valence-electron chi connectivity index (χ4n) is 1.11. The average molecular weight is 224 g/mol. The van der Waals surface area contributed by atoms with Crippen molar-refractivity contribution in [1.29, 1.82) is 5.26 Å². The largest absolute Gasteiger partial charge is 0.480 e. The van der Waals surface area contributed by atoms with Crippen molar-refractivity contribution in [3.8, 4) is 6.07 Å². The van der Waals surface area contributed by atoms with Gasteiger partial charge >= 0.3 is 12.1 Å². The molecule has 0 heterocycles. The minimum Gasteiger partial charge on any atom is -0.480 e. The highest BCUT2D eigenvalue weighted by atomic mass is 19.4. The summed E-state index contributed by atoms with van der Waals surface area (Å²) in [6.45, 7) is -0.643. The van der Waals surface area contributed by atoms with Crippen LogP contribution in [0.4, 0.5) is 13.2 Å². The smallest absolute Gasteiger partial charge is 0.401 e. The minimum absolute atomic E-state index is 0.153. The maximum atomic E-state index is 12.0. The Kier molecular flexibility index (Phi) is 5.08. The molecule has 7 heteroatoms. The molecule has 0 rings (SSSR count). The van der Waals surface area contributed by atoms with Crippen molar-refractivity contribution in [1.82, 2.24) is 4.90 Å². The van der Waals surface area contributed by atoms with Gasteiger partial charge in [0.15, 0.2) is 0 Å². The van der Waals surface area contributed by atoms with E-state index >= 15 is 0 Å². The molecular weight excluding hydrogens is 213 g/mol. The van der Waals surface area contributed by atoms with Gasteiger partial charge in [0, 0.05) is 0 Å². The summed E-state index contributed by atoms with van der Waals surface area (Å²) in [7, 11) is 0. The van der Waals surface area contributed by atoms with E-state index in [1.54, 1.807) is 6.07 Å². The van der Waals surface area contributed by atoms with Gasteiger partial charge in [0.05, 0.1) is 25.2 Å². The maximum Gasteiger partial charge on any atom is 0.401 e. The maximum absolute atomic E-state index is 12.0. The Morgan fingerprint density at radius 1 is 1.60 bits per heavy atom. The Labute approximate surface area is 84.9 Å². The molecule has 1 N–H and O–H groups in total. The van der Waals surface area contributed by atoms with Crippen LogP contribution in [0.15, 0.2) is 0 Å². The molecule has 0 aromatic carbocycles. The number of carboxylic acids is 1. The summed E-state index contributed by atoms with van der Waals surface area (Å²) in [5.41, 5.74) is 0. The molecule has 0 aromatic rings. The van der Waals surface area contributed by atoms with Gasteiger partial charge in [-0.3, -0.25) is 9.69 Å². The first kappa shape index (κ1) is 13.7. The van der Waals surface area contributed by atoms with Crippen LogP contribution in [0.1, 0.15) is 13.3 Å². The fourth-order valence-corrected chi connectivity index (χ4v) is 1.11. The normalized spacial score (nSPS) is 13.6.